The highest BCUT2D eigenvalue weighted by molar-refractivity contribution is 6.31. The first kappa shape index (κ1) is 18.1. The average molecular weight is 329 g/mol. The quantitative estimate of drug-likeness (QED) is 0.721. The molecular weight excluding hydrogens is 308 g/mol. The Morgan fingerprint density at radius 3 is 2.59 bits per heavy atom. The summed E-state index contributed by atoms with van der Waals surface area (Å²) in [5.74, 6) is -1.03. The smallest absolute Gasteiger partial charge is 0.407 e. The standard InChI is InChI=1S/C15H21ClN2O4/c1-15(2,3)22-14(21)18-11(8-13(19)20)7-9-6-10(17)4-5-12(9)16/h4-6,11H,7-8,17H2,1-3H3,(H,18,21)(H,19,20). The molecule has 0 radical (unpaired) electrons. The minimum absolute atomic E-state index is 0.245. The van der Waals surface area contributed by atoms with Gasteiger partial charge in [-0.1, -0.05) is 11.6 Å². The molecule has 1 amide bonds. The highest BCUT2D eigenvalue weighted by atomic mass is 35.5. The zero-order valence-electron chi connectivity index (χ0n) is 12.9. The third-order valence-electron chi connectivity index (χ3n) is 2.68. The van der Waals surface area contributed by atoms with Gasteiger partial charge in [0.25, 0.3) is 0 Å². The highest BCUT2D eigenvalue weighted by Crippen LogP contribution is 2.21. The summed E-state index contributed by atoms with van der Waals surface area (Å²) in [4.78, 5) is 22.8. The Bertz CT molecular complexity index is 555. The van der Waals surface area contributed by atoms with Crippen molar-refractivity contribution in [3.8, 4) is 0 Å². The van der Waals surface area contributed by atoms with Gasteiger partial charge in [0.15, 0.2) is 0 Å². The van der Waals surface area contributed by atoms with E-state index in [4.69, 9.17) is 27.2 Å². The fraction of sp³-hybridized carbons (Fsp3) is 0.467. The number of carbonyl (C=O) groups is 2. The van der Waals surface area contributed by atoms with Gasteiger partial charge in [-0.05, 0) is 51.0 Å². The van der Waals surface area contributed by atoms with Gasteiger partial charge in [0.1, 0.15) is 5.60 Å². The van der Waals surface area contributed by atoms with Gasteiger partial charge < -0.3 is 20.9 Å². The maximum atomic E-state index is 11.8. The van der Waals surface area contributed by atoms with Crippen LogP contribution in [0.4, 0.5) is 10.5 Å². The van der Waals surface area contributed by atoms with Gasteiger partial charge in [0.05, 0.1) is 6.42 Å². The van der Waals surface area contributed by atoms with Gasteiger partial charge in [0, 0.05) is 16.8 Å². The summed E-state index contributed by atoms with van der Waals surface area (Å²) >= 11 is 6.07. The molecule has 1 atom stereocenters. The summed E-state index contributed by atoms with van der Waals surface area (Å²) < 4.78 is 5.14. The molecule has 1 rings (SSSR count). The summed E-state index contributed by atoms with van der Waals surface area (Å²) in [6.07, 6.45) is -0.668. The van der Waals surface area contributed by atoms with Crippen molar-refractivity contribution >= 4 is 29.4 Å². The van der Waals surface area contributed by atoms with Gasteiger partial charge in [0.2, 0.25) is 0 Å². The Hall–Kier alpha value is -1.95. The van der Waals surface area contributed by atoms with Crippen LogP contribution in [-0.4, -0.2) is 28.8 Å². The van der Waals surface area contributed by atoms with Crippen molar-refractivity contribution in [3.63, 3.8) is 0 Å². The number of rotatable bonds is 5. The molecule has 122 valence electrons. The Kier molecular flexibility index (Phi) is 6.05. The lowest BCUT2D eigenvalue weighted by Gasteiger charge is -2.23. The van der Waals surface area contributed by atoms with Crippen LogP contribution in [0, 0.1) is 0 Å². The molecule has 1 unspecified atom stereocenters. The van der Waals surface area contributed by atoms with Gasteiger partial charge in [-0.15, -0.1) is 0 Å². The van der Waals surface area contributed by atoms with Crippen LogP contribution >= 0.6 is 11.6 Å². The molecule has 0 aromatic heterocycles. The SMILES string of the molecule is CC(C)(C)OC(=O)NC(CC(=O)O)Cc1cc(N)ccc1Cl. The molecule has 0 bridgehead atoms. The first-order valence-electron chi connectivity index (χ1n) is 6.82. The topological polar surface area (TPSA) is 102 Å². The van der Waals surface area contributed by atoms with E-state index in [9.17, 15) is 9.59 Å². The summed E-state index contributed by atoms with van der Waals surface area (Å²) in [6.45, 7) is 5.19. The molecule has 1 aromatic carbocycles. The Balaban J connectivity index is 2.82. The molecule has 0 spiro atoms. The monoisotopic (exact) mass is 328 g/mol. The van der Waals surface area contributed by atoms with Crippen LogP contribution in [0.5, 0.6) is 0 Å². The summed E-state index contributed by atoms with van der Waals surface area (Å²) in [7, 11) is 0. The fourth-order valence-electron chi connectivity index (χ4n) is 1.88. The first-order chi connectivity index (χ1) is 10.1. The lowest BCUT2D eigenvalue weighted by molar-refractivity contribution is -0.137. The van der Waals surface area contributed by atoms with Crippen molar-refractivity contribution in [1.82, 2.24) is 5.32 Å². The second-order valence-electron chi connectivity index (χ2n) is 6.00. The molecule has 0 heterocycles. The van der Waals surface area contributed by atoms with E-state index in [0.717, 1.165) is 0 Å². The van der Waals surface area contributed by atoms with Crippen LogP contribution in [-0.2, 0) is 16.0 Å². The minimum Gasteiger partial charge on any atom is -0.481 e. The number of amides is 1. The maximum Gasteiger partial charge on any atom is 0.407 e. The second kappa shape index (κ2) is 7.35. The number of hydrogen-bond acceptors (Lipinski definition) is 4. The number of nitrogens with two attached hydrogens (primary N) is 1. The van der Waals surface area contributed by atoms with E-state index in [0.29, 0.717) is 16.3 Å². The summed E-state index contributed by atoms with van der Waals surface area (Å²) in [6, 6.07) is 4.30. The highest BCUT2D eigenvalue weighted by Gasteiger charge is 2.22. The lowest BCUT2D eigenvalue weighted by Crippen LogP contribution is -2.41. The molecule has 1 aromatic rings. The van der Waals surface area contributed by atoms with Crippen LogP contribution in [0.25, 0.3) is 0 Å². The van der Waals surface area contributed by atoms with Crippen molar-refractivity contribution in [2.45, 2.75) is 45.3 Å². The number of hydrogen-bond donors (Lipinski definition) is 3. The number of alkyl carbamates (subject to hydrolysis) is 1. The van der Waals surface area contributed by atoms with Gasteiger partial charge in [-0.3, -0.25) is 4.79 Å². The van der Waals surface area contributed by atoms with E-state index < -0.39 is 23.7 Å². The Labute approximate surface area is 134 Å². The predicted molar refractivity (Wildman–Crippen MR) is 85.0 cm³/mol. The number of nitrogen functional groups attached to an aromatic ring is 1. The van der Waals surface area contributed by atoms with Crippen LogP contribution < -0.4 is 11.1 Å². The number of halogens is 1. The third kappa shape index (κ3) is 6.67. The molecule has 6 nitrogen and oxygen atoms in total. The van der Waals surface area contributed by atoms with Crippen molar-refractivity contribution in [1.29, 1.82) is 0 Å². The van der Waals surface area contributed by atoms with E-state index in [1.165, 1.54) is 0 Å². The van der Waals surface area contributed by atoms with Crippen molar-refractivity contribution in [2.75, 3.05) is 5.73 Å². The lowest BCUT2D eigenvalue weighted by atomic mass is 10.0. The molecule has 22 heavy (non-hydrogen) atoms. The van der Waals surface area contributed by atoms with Crippen LogP contribution in [0.2, 0.25) is 5.02 Å². The molecule has 0 saturated carbocycles. The van der Waals surface area contributed by atoms with Crippen molar-refractivity contribution < 1.29 is 19.4 Å². The summed E-state index contributed by atoms with van der Waals surface area (Å²) in [5.41, 5.74) is 6.23. The van der Waals surface area contributed by atoms with Crippen LogP contribution in [0.1, 0.15) is 32.8 Å². The van der Waals surface area contributed by atoms with E-state index in [2.05, 4.69) is 5.32 Å². The number of carboxylic acids is 1. The number of ether oxygens (including phenoxy) is 1. The number of carboxylic acid groups (broad SMARTS) is 1. The van der Waals surface area contributed by atoms with E-state index in [1.54, 1.807) is 39.0 Å². The zero-order chi connectivity index (χ0) is 16.9. The molecule has 0 aliphatic carbocycles. The molecule has 0 fully saturated rings. The second-order valence-corrected chi connectivity index (χ2v) is 6.40. The molecule has 7 heteroatoms. The molecule has 4 N–H and O–H groups in total. The molecule has 0 saturated heterocycles. The van der Waals surface area contributed by atoms with E-state index in [-0.39, 0.29) is 12.8 Å². The van der Waals surface area contributed by atoms with Crippen molar-refractivity contribution in [3.05, 3.63) is 28.8 Å². The number of anilines is 1. The Morgan fingerprint density at radius 1 is 1.41 bits per heavy atom. The number of aliphatic carboxylic acids is 1. The van der Waals surface area contributed by atoms with Crippen LogP contribution in [0.15, 0.2) is 18.2 Å². The van der Waals surface area contributed by atoms with Gasteiger partial charge >= 0.3 is 12.1 Å². The largest absolute Gasteiger partial charge is 0.481 e. The molecular formula is C15H21ClN2O4. The third-order valence-corrected chi connectivity index (χ3v) is 3.05. The van der Waals surface area contributed by atoms with E-state index >= 15 is 0 Å². The number of nitrogens with one attached hydrogen (secondary N) is 1. The fourth-order valence-corrected chi connectivity index (χ4v) is 2.07. The minimum atomic E-state index is -1.03. The average Bonchev–Trinajstić information content (AvgIpc) is 2.30. The first-order valence-corrected chi connectivity index (χ1v) is 7.20. The number of carbonyl (C=O) groups excluding carboxylic acids is 1. The Morgan fingerprint density at radius 2 is 2.05 bits per heavy atom. The maximum absolute atomic E-state index is 11.8. The zero-order valence-corrected chi connectivity index (χ0v) is 13.6. The molecule has 0 aliphatic heterocycles. The normalized spacial score (nSPS) is 12.5. The van der Waals surface area contributed by atoms with Gasteiger partial charge in [-0.25, -0.2) is 4.79 Å². The van der Waals surface area contributed by atoms with Crippen LogP contribution in [0.3, 0.4) is 0 Å². The van der Waals surface area contributed by atoms with Crippen molar-refractivity contribution in [2.24, 2.45) is 0 Å². The summed E-state index contributed by atoms with van der Waals surface area (Å²) in [5, 5.41) is 12.0. The predicted octanol–water partition coefficient (Wildman–Crippen LogP) is 2.83. The van der Waals surface area contributed by atoms with E-state index in [1.807, 2.05) is 0 Å². The number of benzene rings is 1. The van der Waals surface area contributed by atoms with Gasteiger partial charge in [-0.2, -0.15) is 0 Å². The molecule has 0 aliphatic rings.